The van der Waals surface area contributed by atoms with Crippen molar-refractivity contribution in [1.29, 1.82) is 0 Å². The van der Waals surface area contributed by atoms with E-state index in [4.69, 9.17) is 27.6 Å². The largest absolute Gasteiger partial charge is 0.472 e. The van der Waals surface area contributed by atoms with Gasteiger partial charge in [0, 0.05) is 0 Å². The van der Waals surface area contributed by atoms with Crippen LogP contribution in [0.3, 0.4) is 0 Å². The van der Waals surface area contributed by atoms with Crippen LogP contribution in [0.4, 0.5) is 0 Å². The highest BCUT2D eigenvalue weighted by Gasteiger charge is 2.56. The molecule has 17 N–H and O–H groups in total. The number of hydrogen-bond donors (Lipinski definition) is 17. The molecule has 1 heterocycles. The first-order valence-corrected chi connectivity index (χ1v) is 33.3. The summed E-state index contributed by atoms with van der Waals surface area (Å²) in [5, 5.41) is 151. The minimum Gasteiger partial charge on any atom is -0.391 e. The molecule has 2 saturated carbocycles. The topological polar surface area (TPSA) is 442 Å². The van der Waals surface area contributed by atoms with E-state index in [1.54, 1.807) is 0 Å². The summed E-state index contributed by atoms with van der Waals surface area (Å²) in [7, 11) is -11.1. The van der Waals surface area contributed by atoms with Crippen LogP contribution in [-0.4, -0.2) is 223 Å². The van der Waals surface area contributed by atoms with E-state index in [1.807, 2.05) is 0 Å². The van der Waals surface area contributed by atoms with Crippen LogP contribution < -0.4 is 5.32 Å². The van der Waals surface area contributed by atoms with E-state index in [2.05, 4.69) is 19.2 Å². The first-order chi connectivity index (χ1) is 38.9. The lowest BCUT2D eigenvalue weighted by molar-refractivity contribution is -0.337. The lowest BCUT2D eigenvalue weighted by Crippen LogP contribution is -2.67. The third-order valence-electron chi connectivity index (χ3n) is 15.9. The number of ether oxygens (including phenoxy) is 2. The van der Waals surface area contributed by atoms with Crippen molar-refractivity contribution in [3.05, 3.63) is 0 Å². The van der Waals surface area contributed by atoms with Gasteiger partial charge in [0.15, 0.2) is 6.29 Å². The number of amides is 1. The molecule has 0 aromatic heterocycles. The Labute approximate surface area is 483 Å². The van der Waals surface area contributed by atoms with E-state index >= 15 is 0 Å². The molecule has 0 spiro atoms. The number of carbonyl (C=O) groups excluding carboxylic acids is 1. The Morgan fingerprint density at radius 3 is 1.22 bits per heavy atom. The number of phosphoric acid groups is 2. The molecular weight excluding hydrogens is 1120 g/mol. The fraction of sp³-hybridized carbons (Fsp3) is 0.981. The molecule has 0 radical (unpaired) electrons. The maximum absolute atomic E-state index is 13.7. The molecule has 0 aromatic rings. The lowest BCUT2D eigenvalue weighted by Gasteiger charge is -2.47. The molecule has 1 amide bonds. The minimum absolute atomic E-state index is 0.103. The SMILES string of the molecule is CCCCCCCCCCCCCCCCC(O)C(=O)N[C@@H](COP(=O)(O)O[C@H]1C(O)C(O)C(O)[C@@H](O)C1O[C@H]1O[C@H](COP(=O)(O)OC2C(O)C(O)C(O)[C@@H](O)C2O)[C@@H](O)C(O)C1O)[C@H](O)CCCCCCCCCCCCCCC. The molecule has 486 valence electrons. The Morgan fingerprint density at radius 2 is 0.780 bits per heavy atom. The molecule has 3 rings (SSSR count). The molecule has 22 atom stereocenters. The third-order valence-corrected chi connectivity index (χ3v) is 17.9. The second-order valence-electron chi connectivity index (χ2n) is 22.8. The average molecular weight is 1230 g/mol. The molecule has 3 aliphatic rings. The van der Waals surface area contributed by atoms with Gasteiger partial charge in [-0.2, -0.15) is 0 Å². The van der Waals surface area contributed by atoms with Crippen molar-refractivity contribution in [1.82, 2.24) is 5.32 Å². The van der Waals surface area contributed by atoms with Gasteiger partial charge < -0.3 is 96.1 Å². The summed E-state index contributed by atoms with van der Waals surface area (Å²) in [5.41, 5.74) is 0. The number of aliphatic hydroxyl groups is 14. The van der Waals surface area contributed by atoms with E-state index in [9.17, 15) is 95.2 Å². The van der Waals surface area contributed by atoms with Gasteiger partial charge in [-0.25, -0.2) is 9.13 Å². The van der Waals surface area contributed by atoms with E-state index in [0.29, 0.717) is 12.8 Å². The molecule has 0 aromatic carbocycles. The standard InChI is InChI=1S/C54H105NO25P2/c1-3-5-7-9-11-13-15-17-19-21-23-25-27-29-31-36(57)53(70)55-34(35(56)30-28-26-24-22-20-18-16-14-12-10-8-6-4-2)32-75-81(71,72)80-52-48(68)44(64)43(63)47(67)51(52)78-54-49(69)39(59)38(58)37(77-54)33-76-82(73,74)79-50-45(65)41(61)40(60)42(62)46(50)66/h34-52,54,56-69H,3-33H2,1-2H3,(H,55,70)(H,71,72)(H,73,74)/t34-,35+,36?,37+,38+,39?,40?,41+,42?,43?,44?,45?,46?,47+,48?,49?,50?,51?,52-,54+/m0/s1. The van der Waals surface area contributed by atoms with Gasteiger partial charge in [0.25, 0.3) is 0 Å². The van der Waals surface area contributed by atoms with Gasteiger partial charge in [0.2, 0.25) is 5.91 Å². The predicted octanol–water partition coefficient (Wildman–Crippen LogP) is 2.02. The molecular formula is C54H105NO25P2. The fourth-order valence-corrected chi connectivity index (χ4v) is 12.5. The maximum Gasteiger partial charge on any atom is 0.472 e. The Balaban J connectivity index is 1.65. The molecule has 2 aliphatic carbocycles. The number of hydrogen-bond acceptors (Lipinski definition) is 23. The minimum atomic E-state index is -5.58. The van der Waals surface area contributed by atoms with Crippen LogP contribution in [0.25, 0.3) is 0 Å². The van der Waals surface area contributed by atoms with Gasteiger partial charge in [-0.15, -0.1) is 0 Å². The zero-order chi connectivity index (χ0) is 61.0. The van der Waals surface area contributed by atoms with E-state index in [0.717, 1.165) is 64.2 Å². The first kappa shape index (κ1) is 75.3. The number of nitrogens with one attached hydrogen (secondary N) is 1. The molecule has 1 saturated heterocycles. The Kier molecular flexibility index (Phi) is 36.6. The van der Waals surface area contributed by atoms with Crippen molar-refractivity contribution >= 4 is 21.6 Å². The highest BCUT2D eigenvalue weighted by Crippen LogP contribution is 2.49. The van der Waals surface area contributed by atoms with E-state index in [-0.39, 0.29) is 12.8 Å². The summed E-state index contributed by atoms with van der Waals surface area (Å²) < 4.78 is 57.7. The van der Waals surface area contributed by atoms with E-state index < -0.39 is 157 Å². The van der Waals surface area contributed by atoms with Crippen molar-refractivity contribution < 1.29 is 123 Å². The zero-order valence-electron chi connectivity index (χ0n) is 48.2. The molecule has 26 nitrogen and oxygen atoms in total. The van der Waals surface area contributed by atoms with E-state index in [1.165, 1.54) is 96.3 Å². The van der Waals surface area contributed by atoms with Crippen molar-refractivity contribution in [2.24, 2.45) is 0 Å². The zero-order valence-corrected chi connectivity index (χ0v) is 50.0. The first-order valence-electron chi connectivity index (χ1n) is 30.3. The third kappa shape index (κ3) is 26.0. The van der Waals surface area contributed by atoms with Crippen LogP contribution in [0.5, 0.6) is 0 Å². The lowest BCUT2D eigenvalue weighted by atomic mass is 9.84. The predicted molar refractivity (Wildman–Crippen MR) is 296 cm³/mol. The molecule has 3 fully saturated rings. The number of unbranched alkanes of at least 4 members (excludes halogenated alkanes) is 25. The van der Waals surface area contributed by atoms with Crippen LogP contribution >= 0.6 is 15.6 Å². The van der Waals surface area contributed by atoms with Gasteiger partial charge in [-0.05, 0) is 12.8 Å². The van der Waals surface area contributed by atoms with Crippen LogP contribution in [0.15, 0.2) is 0 Å². The van der Waals surface area contributed by atoms with Crippen LogP contribution in [0, 0.1) is 0 Å². The summed E-state index contributed by atoms with van der Waals surface area (Å²) in [5.74, 6) is -0.878. The van der Waals surface area contributed by atoms with Gasteiger partial charge in [-0.1, -0.05) is 187 Å². The summed E-state index contributed by atoms with van der Waals surface area (Å²) in [6.07, 6.45) is -11.4. The van der Waals surface area contributed by atoms with Crippen molar-refractivity contribution in [2.45, 2.75) is 322 Å². The summed E-state index contributed by atoms with van der Waals surface area (Å²) >= 11 is 0. The quantitative estimate of drug-likeness (QED) is 0.0306. The normalized spacial score (nSPS) is 33.3. The Bertz CT molecular complexity index is 1790. The maximum atomic E-state index is 13.7. The number of aliphatic hydroxyl groups excluding tert-OH is 14. The summed E-state index contributed by atoms with van der Waals surface area (Å²) in [4.78, 5) is 34.9. The van der Waals surface area contributed by atoms with Crippen LogP contribution in [-0.2, 0) is 41.5 Å². The molecule has 1 aliphatic heterocycles. The molecule has 82 heavy (non-hydrogen) atoms. The van der Waals surface area contributed by atoms with Gasteiger partial charge in [0.1, 0.15) is 104 Å². The molecule has 14 unspecified atom stereocenters. The molecule has 0 bridgehead atoms. The second kappa shape index (κ2) is 39.8. The van der Waals surface area contributed by atoms with Crippen LogP contribution in [0.2, 0.25) is 0 Å². The average Bonchev–Trinajstić information content (AvgIpc) is 3.58. The monoisotopic (exact) mass is 1230 g/mol. The Hall–Kier alpha value is -0.950. The highest BCUT2D eigenvalue weighted by molar-refractivity contribution is 7.47. The number of rotatable bonds is 44. The van der Waals surface area contributed by atoms with Crippen LogP contribution in [0.1, 0.15) is 200 Å². The van der Waals surface area contributed by atoms with Crippen molar-refractivity contribution in [2.75, 3.05) is 13.2 Å². The summed E-state index contributed by atoms with van der Waals surface area (Å²) in [6.45, 7) is 2.22. The van der Waals surface area contributed by atoms with Gasteiger partial charge in [0.05, 0.1) is 25.4 Å². The van der Waals surface area contributed by atoms with Gasteiger partial charge >= 0.3 is 15.6 Å². The fourth-order valence-electron chi connectivity index (χ4n) is 10.6. The summed E-state index contributed by atoms with van der Waals surface area (Å²) in [6, 6.07) is -1.41. The Morgan fingerprint density at radius 1 is 0.439 bits per heavy atom. The number of carbonyl (C=O) groups is 1. The smallest absolute Gasteiger partial charge is 0.391 e. The van der Waals surface area contributed by atoms with Crippen molar-refractivity contribution in [3.63, 3.8) is 0 Å². The van der Waals surface area contributed by atoms with Crippen molar-refractivity contribution in [3.8, 4) is 0 Å². The second-order valence-corrected chi connectivity index (χ2v) is 25.6. The number of phosphoric ester groups is 2. The highest BCUT2D eigenvalue weighted by atomic mass is 31.2. The molecule has 28 heteroatoms. The van der Waals surface area contributed by atoms with Gasteiger partial charge in [-0.3, -0.25) is 22.9 Å².